The minimum absolute atomic E-state index is 0.0143. The Morgan fingerprint density at radius 3 is 1.88 bits per heavy atom. The number of carbonyl (C=O) groups is 4. The van der Waals surface area contributed by atoms with E-state index in [-0.39, 0.29) is 38.0 Å². The molecule has 312 valence electrons. The molecule has 14 nitrogen and oxygen atoms in total. The number of nitrogens with zero attached hydrogens (tertiary/aromatic N) is 1. The lowest BCUT2D eigenvalue weighted by Crippen LogP contribution is -2.63. The Bertz CT molecular complexity index is 2080. The van der Waals surface area contributed by atoms with Crippen LogP contribution in [0.3, 0.4) is 0 Å². The van der Waals surface area contributed by atoms with Crippen LogP contribution in [0.5, 0.6) is 5.75 Å². The Labute approximate surface area is 344 Å². The summed E-state index contributed by atoms with van der Waals surface area (Å²) < 4.78 is 10.7. The molecule has 0 radical (unpaired) electrons. The number of para-hydroxylation sites is 2. The fourth-order valence-electron chi connectivity index (χ4n) is 6.54. The summed E-state index contributed by atoms with van der Waals surface area (Å²) in [5.41, 5.74) is 3.96. The van der Waals surface area contributed by atoms with Crippen LogP contribution in [0.15, 0.2) is 109 Å². The van der Waals surface area contributed by atoms with Gasteiger partial charge in [-0.05, 0) is 59.2 Å². The molecule has 1 heterocycles. The second-order valence-corrected chi connectivity index (χ2v) is 15.1. The molecule has 5 atom stereocenters. The number of methoxy groups -OCH3 is 1. The molecular formula is C45H55N7O7. The molecule has 14 heteroatoms. The van der Waals surface area contributed by atoms with Gasteiger partial charge in [0, 0.05) is 6.54 Å². The van der Waals surface area contributed by atoms with Crippen molar-refractivity contribution in [2.24, 2.45) is 11.8 Å². The summed E-state index contributed by atoms with van der Waals surface area (Å²) in [6, 6.07) is 28.8. The molecule has 5 aromatic rings. The average Bonchev–Trinajstić information content (AvgIpc) is 3.67. The van der Waals surface area contributed by atoms with Crippen molar-refractivity contribution in [3.05, 3.63) is 132 Å². The van der Waals surface area contributed by atoms with Gasteiger partial charge in [0.05, 0.1) is 36.8 Å². The number of aromatic amines is 1. The number of aliphatic hydroxyl groups is 1. The number of hydrogen-bond donors (Lipinski definition) is 7. The van der Waals surface area contributed by atoms with Gasteiger partial charge in [0.2, 0.25) is 17.7 Å². The first-order valence-electron chi connectivity index (χ1n) is 19.8. The highest BCUT2D eigenvalue weighted by Crippen LogP contribution is 2.16. The molecule has 0 saturated carbocycles. The summed E-state index contributed by atoms with van der Waals surface area (Å²) in [6.45, 7) is 7.45. The van der Waals surface area contributed by atoms with Crippen molar-refractivity contribution in [3.8, 4) is 5.75 Å². The molecule has 4 amide bonds. The number of aliphatic hydroxyl groups excluding tert-OH is 1. The lowest BCUT2D eigenvalue weighted by molar-refractivity contribution is -0.134. The van der Waals surface area contributed by atoms with Crippen LogP contribution < -0.4 is 31.3 Å². The van der Waals surface area contributed by atoms with Gasteiger partial charge >= 0.3 is 6.09 Å². The summed E-state index contributed by atoms with van der Waals surface area (Å²) in [5.74, 6) is -1.16. The van der Waals surface area contributed by atoms with Crippen LogP contribution in [0.1, 0.15) is 50.2 Å². The van der Waals surface area contributed by atoms with Crippen LogP contribution in [-0.4, -0.2) is 76.3 Å². The molecule has 0 bridgehead atoms. The number of fused-ring (bicyclic) bond motifs is 1. The quantitative estimate of drug-likeness (QED) is 0.0592. The molecule has 0 fully saturated rings. The Hall–Kier alpha value is -6.25. The largest absolute Gasteiger partial charge is 0.497 e. The van der Waals surface area contributed by atoms with E-state index in [1.807, 2.05) is 111 Å². The highest BCUT2D eigenvalue weighted by atomic mass is 16.5. The van der Waals surface area contributed by atoms with E-state index in [2.05, 4.69) is 36.6 Å². The molecule has 0 unspecified atom stereocenters. The molecule has 59 heavy (non-hydrogen) atoms. The standard InChI is InChI=1S/C45H55N7O7/c1-28(2)38(42(54)47-26-37-48-34-18-12-13-19-35(34)49-37)51-44(56)40(46-25-31-20-22-33(58-5)23-21-31)41(53)36(24-30-14-8-6-9-15-30)50-43(55)39(29(3)4)52-45(57)59-27-32-16-10-7-11-17-32/h6-23,28-29,36,38-41,46,53H,24-27H2,1-5H3,(H,47,54)(H,48,49)(H,50,55)(H,51,56)(H,52,57)/t36-,38-,39-,40+,41-/m0/s1. The van der Waals surface area contributed by atoms with Crippen molar-refractivity contribution in [3.63, 3.8) is 0 Å². The van der Waals surface area contributed by atoms with Gasteiger partial charge in [-0.25, -0.2) is 9.78 Å². The number of alkyl carbamates (subject to hydrolysis) is 1. The zero-order valence-electron chi connectivity index (χ0n) is 34.1. The number of nitrogens with one attached hydrogen (secondary N) is 6. The fourth-order valence-corrected chi connectivity index (χ4v) is 6.54. The number of H-pyrrole nitrogens is 1. The number of hydrogen-bond acceptors (Lipinski definition) is 9. The minimum atomic E-state index is -1.53. The highest BCUT2D eigenvalue weighted by molar-refractivity contribution is 5.91. The number of amides is 4. The first-order chi connectivity index (χ1) is 28.4. The van der Waals surface area contributed by atoms with E-state index in [0.29, 0.717) is 11.6 Å². The zero-order chi connectivity index (χ0) is 42.3. The van der Waals surface area contributed by atoms with E-state index in [4.69, 9.17) is 9.47 Å². The van der Waals surface area contributed by atoms with E-state index in [1.54, 1.807) is 33.1 Å². The maximum absolute atomic E-state index is 14.4. The van der Waals surface area contributed by atoms with Crippen molar-refractivity contribution in [2.75, 3.05) is 7.11 Å². The van der Waals surface area contributed by atoms with Gasteiger partial charge in [0.15, 0.2) is 0 Å². The maximum Gasteiger partial charge on any atom is 0.408 e. The number of carbonyl (C=O) groups excluding carboxylic acids is 4. The van der Waals surface area contributed by atoms with Gasteiger partial charge in [-0.2, -0.15) is 0 Å². The smallest absolute Gasteiger partial charge is 0.408 e. The van der Waals surface area contributed by atoms with E-state index >= 15 is 0 Å². The minimum Gasteiger partial charge on any atom is -0.497 e. The highest BCUT2D eigenvalue weighted by Gasteiger charge is 2.38. The maximum atomic E-state index is 14.4. The monoisotopic (exact) mass is 805 g/mol. The summed E-state index contributed by atoms with van der Waals surface area (Å²) >= 11 is 0. The summed E-state index contributed by atoms with van der Waals surface area (Å²) in [5, 5.41) is 26.8. The summed E-state index contributed by atoms with van der Waals surface area (Å²) in [4.78, 5) is 62.7. The molecule has 0 aliphatic heterocycles. The van der Waals surface area contributed by atoms with Gasteiger partial charge in [0.25, 0.3) is 0 Å². The number of aromatic nitrogens is 2. The van der Waals surface area contributed by atoms with E-state index in [1.165, 1.54) is 0 Å². The third-order valence-corrected chi connectivity index (χ3v) is 9.90. The van der Waals surface area contributed by atoms with Gasteiger partial charge in [-0.3, -0.25) is 19.7 Å². The van der Waals surface area contributed by atoms with Crippen LogP contribution in [0, 0.1) is 11.8 Å². The van der Waals surface area contributed by atoms with Crippen LogP contribution in [0.2, 0.25) is 0 Å². The lowest BCUT2D eigenvalue weighted by Gasteiger charge is -2.33. The number of benzene rings is 4. The first kappa shape index (κ1) is 43.9. The van der Waals surface area contributed by atoms with E-state index < -0.39 is 54.1 Å². The molecule has 0 spiro atoms. The van der Waals surface area contributed by atoms with Crippen LogP contribution >= 0.6 is 0 Å². The van der Waals surface area contributed by atoms with Gasteiger partial charge in [-0.1, -0.05) is 113 Å². The molecule has 0 aliphatic carbocycles. The molecule has 1 aromatic heterocycles. The Kier molecular flexibility index (Phi) is 16.0. The second kappa shape index (κ2) is 21.5. The van der Waals surface area contributed by atoms with Gasteiger partial charge < -0.3 is 40.8 Å². The Morgan fingerprint density at radius 2 is 1.25 bits per heavy atom. The molecule has 0 aliphatic rings. The normalized spacial score (nSPS) is 13.8. The average molecular weight is 806 g/mol. The lowest BCUT2D eigenvalue weighted by atomic mass is 9.93. The number of imidazole rings is 1. The predicted molar refractivity (Wildman–Crippen MR) is 225 cm³/mol. The third-order valence-electron chi connectivity index (χ3n) is 9.90. The SMILES string of the molecule is COc1ccc(CN[C@@H](C(=O)N[C@H](C(=O)NCc2nc3ccccc3[nH]2)C(C)C)[C@@H](O)[C@H](Cc2ccccc2)NC(=O)[C@@H](NC(=O)OCc2ccccc2)C(C)C)cc1. The fraction of sp³-hybridized carbons (Fsp3) is 0.356. The predicted octanol–water partition coefficient (Wildman–Crippen LogP) is 4.53. The van der Waals surface area contributed by atoms with Crippen molar-refractivity contribution in [1.82, 2.24) is 36.6 Å². The summed E-state index contributed by atoms with van der Waals surface area (Å²) in [7, 11) is 1.57. The van der Waals surface area contributed by atoms with Crippen LogP contribution in [-0.2, 0) is 45.2 Å². The van der Waals surface area contributed by atoms with Crippen molar-refractivity contribution in [2.45, 2.75) is 84.1 Å². The van der Waals surface area contributed by atoms with Crippen LogP contribution in [0.25, 0.3) is 11.0 Å². The molecule has 7 N–H and O–H groups in total. The Morgan fingerprint density at radius 1 is 0.661 bits per heavy atom. The molecule has 4 aromatic carbocycles. The van der Waals surface area contributed by atoms with Gasteiger partial charge in [-0.15, -0.1) is 0 Å². The van der Waals surface area contributed by atoms with E-state index in [9.17, 15) is 24.3 Å². The molecule has 0 saturated heterocycles. The Balaban J connectivity index is 1.37. The number of ether oxygens (including phenoxy) is 2. The second-order valence-electron chi connectivity index (χ2n) is 15.1. The van der Waals surface area contributed by atoms with Crippen molar-refractivity contribution in [1.29, 1.82) is 0 Å². The number of rotatable bonds is 20. The van der Waals surface area contributed by atoms with Gasteiger partial charge in [0.1, 0.15) is 36.3 Å². The summed E-state index contributed by atoms with van der Waals surface area (Å²) in [6.07, 6.45) is -2.17. The topological polar surface area (TPSA) is 196 Å². The van der Waals surface area contributed by atoms with E-state index in [0.717, 1.165) is 27.7 Å². The van der Waals surface area contributed by atoms with Crippen molar-refractivity contribution < 1.29 is 33.8 Å². The molecule has 5 rings (SSSR count). The zero-order valence-corrected chi connectivity index (χ0v) is 34.1. The van der Waals surface area contributed by atoms with Crippen molar-refractivity contribution >= 4 is 34.8 Å². The van der Waals surface area contributed by atoms with Crippen LogP contribution in [0.4, 0.5) is 4.79 Å². The first-order valence-corrected chi connectivity index (χ1v) is 19.8. The third kappa shape index (κ3) is 12.9. The molecular weight excluding hydrogens is 751 g/mol.